The molecule has 1 unspecified atom stereocenters. The van der Waals surface area contributed by atoms with Gasteiger partial charge in [0.25, 0.3) is 0 Å². The number of hydrogen-bond acceptors (Lipinski definition) is 2. The van der Waals surface area contributed by atoms with Crippen molar-refractivity contribution in [2.45, 2.75) is 19.2 Å². The number of ether oxygens (including phenoxy) is 1. The lowest BCUT2D eigenvalue weighted by Gasteiger charge is -2.11. The zero-order chi connectivity index (χ0) is 13.3. The minimum absolute atomic E-state index is 0.208. The minimum Gasteiger partial charge on any atom is -0.497 e. The van der Waals surface area contributed by atoms with E-state index in [-0.39, 0.29) is 5.38 Å². The van der Waals surface area contributed by atoms with Gasteiger partial charge in [0.05, 0.1) is 12.5 Å². The SMILES string of the molecule is COc1ccc(C(Cl)c2cc(C)c(C)s2)c(Cl)c1. The molecule has 1 aromatic carbocycles. The van der Waals surface area contributed by atoms with E-state index in [4.69, 9.17) is 27.9 Å². The van der Waals surface area contributed by atoms with Crippen molar-refractivity contribution in [2.24, 2.45) is 0 Å². The van der Waals surface area contributed by atoms with Crippen molar-refractivity contribution in [2.75, 3.05) is 7.11 Å². The van der Waals surface area contributed by atoms with Crippen LogP contribution in [-0.4, -0.2) is 7.11 Å². The van der Waals surface area contributed by atoms with Crippen LogP contribution >= 0.6 is 34.5 Å². The van der Waals surface area contributed by atoms with Gasteiger partial charge >= 0.3 is 0 Å². The lowest BCUT2D eigenvalue weighted by molar-refractivity contribution is 0.414. The molecular formula is C14H14Cl2OS. The summed E-state index contributed by atoms with van der Waals surface area (Å²) in [5.74, 6) is 0.742. The first-order valence-corrected chi connectivity index (χ1v) is 7.20. The van der Waals surface area contributed by atoms with Crippen LogP contribution in [0.25, 0.3) is 0 Å². The monoisotopic (exact) mass is 300 g/mol. The number of thiophene rings is 1. The quantitative estimate of drug-likeness (QED) is 0.694. The van der Waals surface area contributed by atoms with Gasteiger partial charge in [0.2, 0.25) is 0 Å². The van der Waals surface area contributed by atoms with Gasteiger partial charge in [-0.25, -0.2) is 0 Å². The van der Waals surface area contributed by atoms with Crippen molar-refractivity contribution < 1.29 is 4.74 Å². The normalized spacial score (nSPS) is 12.5. The Morgan fingerprint density at radius 2 is 1.94 bits per heavy atom. The molecule has 2 aromatic rings. The van der Waals surface area contributed by atoms with Crippen LogP contribution in [0.5, 0.6) is 5.75 Å². The Morgan fingerprint density at radius 3 is 2.44 bits per heavy atom. The van der Waals surface area contributed by atoms with Crippen LogP contribution < -0.4 is 4.74 Å². The molecule has 0 bridgehead atoms. The highest BCUT2D eigenvalue weighted by Crippen LogP contribution is 2.39. The van der Waals surface area contributed by atoms with Crippen LogP contribution in [0.4, 0.5) is 0 Å². The van der Waals surface area contributed by atoms with E-state index in [1.54, 1.807) is 24.5 Å². The molecule has 2 rings (SSSR count). The summed E-state index contributed by atoms with van der Waals surface area (Å²) in [6.07, 6.45) is 0. The topological polar surface area (TPSA) is 9.23 Å². The third kappa shape index (κ3) is 2.66. The summed E-state index contributed by atoms with van der Waals surface area (Å²) in [7, 11) is 1.62. The summed E-state index contributed by atoms with van der Waals surface area (Å²) < 4.78 is 5.13. The first kappa shape index (κ1) is 13.7. The molecule has 0 radical (unpaired) electrons. The molecule has 1 heterocycles. The molecule has 0 aliphatic heterocycles. The molecule has 0 saturated heterocycles. The van der Waals surface area contributed by atoms with Crippen LogP contribution in [0.15, 0.2) is 24.3 Å². The lowest BCUT2D eigenvalue weighted by atomic mass is 10.1. The molecular weight excluding hydrogens is 287 g/mol. The number of halogens is 2. The van der Waals surface area contributed by atoms with E-state index >= 15 is 0 Å². The molecule has 0 fully saturated rings. The Labute approximate surface area is 121 Å². The summed E-state index contributed by atoms with van der Waals surface area (Å²) in [6.45, 7) is 4.19. The smallest absolute Gasteiger partial charge is 0.120 e. The maximum atomic E-state index is 6.50. The molecule has 0 amide bonds. The molecule has 1 aromatic heterocycles. The average molecular weight is 301 g/mol. The van der Waals surface area contributed by atoms with Crippen LogP contribution in [0.1, 0.15) is 26.3 Å². The Hall–Kier alpha value is -0.700. The van der Waals surface area contributed by atoms with Gasteiger partial charge in [0, 0.05) is 14.8 Å². The van der Waals surface area contributed by atoms with Crippen LogP contribution in [0, 0.1) is 13.8 Å². The van der Waals surface area contributed by atoms with Gasteiger partial charge < -0.3 is 4.74 Å². The molecule has 0 aliphatic carbocycles. The zero-order valence-electron chi connectivity index (χ0n) is 10.5. The molecule has 4 heteroatoms. The second kappa shape index (κ2) is 5.52. The van der Waals surface area contributed by atoms with Gasteiger partial charge in [-0.05, 0) is 43.2 Å². The third-order valence-corrected chi connectivity index (χ3v) is 5.06. The zero-order valence-corrected chi connectivity index (χ0v) is 12.8. The molecule has 18 heavy (non-hydrogen) atoms. The highest BCUT2D eigenvalue weighted by atomic mass is 35.5. The highest BCUT2D eigenvalue weighted by molar-refractivity contribution is 7.12. The van der Waals surface area contributed by atoms with Crippen LogP contribution in [0.2, 0.25) is 5.02 Å². The van der Waals surface area contributed by atoms with Crippen molar-refractivity contribution in [3.05, 3.63) is 50.2 Å². The molecule has 1 atom stereocenters. The van der Waals surface area contributed by atoms with E-state index in [0.29, 0.717) is 5.02 Å². The van der Waals surface area contributed by atoms with E-state index < -0.39 is 0 Å². The Kier molecular flexibility index (Phi) is 4.21. The molecule has 1 nitrogen and oxygen atoms in total. The number of alkyl halides is 1. The number of aryl methyl sites for hydroxylation is 2. The van der Waals surface area contributed by atoms with Gasteiger partial charge in [-0.1, -0.05) is 17.7 Å². The second-order valence-corrected chi connectivity index (χ2v) is 6.27. The Morgan fingerprint density at radius 1 is 1.22 bits per heavy atom. The fourth-order valence-corrected chi connectivity index (χ4v) is 3.48. The number of hydrogen-bond donors (Lipinski definition) is 0. The van der Waals surface area contributed by atoms with Crippen molar-refractivity contribution in [3.63, 3.8) is 0 Å². The molecule has 96 valence electrons. The van der Waals surface area contributed by atoms with Gasteiger partial charge in [0.1, 0.15) is 5.75 Å². The van der Waals surface area contributed by atoms with Crippen LogP contribution in [0.3, 0.4) is 0 Å². The van der Waals surface area contributed by atoms with E-state index in [1.165, 1.54) is 10.4 Å². The third-order valence-electron chi connectivity index (χ3n) is 2.92. The molecule has 0 N–H and O–H groups in total. The van der Waals surface area contributed by atoms with Crippen molar-refractivity contribution in [1.29, 1.82) is 0 Å². The van der Waals surface area contributed by atoms with E-state index in [2.05, 4.69) is 19.9 Å². The van der Waals surface area contributed by atoms with E-state index in [0.717, 1.165) is 16.2 Å². The Bertz CT molecular complexity index is 543. The minimum atomic E-state index is -0.208. The van der Waals surface area contributed by atoms with Crippen LogP contribution in [-0.2, 0) is 0 Å². The summed E-state index contributed by atoms with van der Waals surface area (Å²) in [5.41, 5.74) is 2.19. The predicted octanol–water partition coefficient (Wildman–Crippen LogP) is 5.36. The first-order chi connectivity index (χ1) is 8.52. The number of rotatable bonds is 3. The largest absolute Gasteiger partial charge is 0.497 e. The summed E-state index contributed by atoms with van der Waals surface area (Å²) in [5, 5.41) is 0.430. The van der Waals surface area contributed by atoms with Gasteiger partial charge in [-0.3, -0.25) is 0 Å². The fourth-order valence-electron chi connectivity index (χ4n) is 1.72. The van der Waals surface area contributed by atoms with E-state index in [1.807, 2.05) is 12.1 Å². The maximum Gasteiger partial charge on any atom is 0.120 e. The standard InChI is InChI=1S/C14H14Cl2OS/c1-8-6-13(18-9(8)2)14(16)11-5-4-10(17-3)7-12(11)15/h4-7,14H,1-3H3. The maximum absolute atomic E-state index is 6.50. The number of methoxy groups -OCH3 is 1. The summed E-state index contributed by atoms with van der Waals surface area (Å²) >= 11 is 14.5. The fraction of sp³-hybridized carbons (Fsp3) is 0.286. The average Bonchev–Trinajstić information content (AvgIpc) is 2.68. The van der Waals surface area contributed by atoms with Gasteiger partial charge in [0.15, 0.2) is 0 Å². The second-order valence-electron chi connectivity index (χ2n) is 4.14. The van der Waals surface area contributed by atoms with Crippen molar-refractivity contribution in [3.8, 4) is 5.75 Å². The van der Waals surface area contributed by atoms with Gasteiger partial charge in [-0.2, -0.15) is 0 Å². The number of benzene rings is 1. The predicted molar refractivity (Wildman–Crippen MR) is 79.5 cm³/mol. The van der Waals surface area contributed by atoms with Crippen molar-refractivity contribution >= 4 is 34.5 Å². The lowest BCUT2D eigenvalue weighted by Crippen LogP contribution is -1.92. The summed E-state index contributed by atoms with van der Waals surface area (Å²) in [4.78, 5) is 2.42. The summed E-state index contributed by atoms with van der Waals surface area (Å²) in [6, 6.07) is 7.71. The molecule has 0 aliphatic rings. The van der Waals surface area contributed by atoms with Gasteiger partial charge in [-0.15, -0.1) is 22.9 Å². The highest BCUT2D eigenvalue weighted by Gasteiger charge is 2.17. The first-order valence-electron chi connectivity index (χ1n) is 5.57. The van der Waals surface area contributed by atoms with E-state index in [9.17, 15) is 0 Å². The molecule has 0 spiro atoms. The Balaban J connectivity index is 2.36. The van der Waals surface area contributed by atoms with Crippen molar-refractivity contribution in [1.82, 2.24) is 0 Å². The molecule has 0 saturated carbocycles.